The van der Waals surface area contributed by atoms with E-state index in [0.717, 1.165) is 24.2 Å². The normalized spacial score (nSPS) is 10.7. The Morgan fingerprint density at radius 2 is 1.83 bits per heavy atom. The van der Waals surface area contributed by atoms with Crippen LogP contribution >= 0.6 is 23.7 Å². The highest BCUT2D eigenvalue weighted by molar-refractivity contribution is 7.14. The van der Waals surface area contributed by atoms with Gasteiger partial charge in [0.25, 0.3) is 5.91 Å². The number of carbonyl (C=O) groups is 1. The quantitative estimate of drug-likeness (QED) is 0.508. The van der Waals surface area contributed by atoms with E-state index in [4.69, 9.17) is 4.98 Å². The molecule has 0 fully saturated rings. The van der Waals surface area contributed by atoms with E-state index < -0.39 is 5.82 Å². The zero-order valence-electron chi connectivity index (χ0n) is 16.8. The monoisotopic (exact) mass is 433 g/mol. The van der Waals surface area contributed by atoms with Crippen LogP contribution in [0.1, 0.15) is 22.3 Å². The Hall–Kier alpha value is -2.28. The molecule has 0 aliphatic rings. The van der Waals surface area contributed by atoms with Crippen LogP contribution in [0.15, 0.2) is 53.9 Å². The summed E-state index contributed by atoms with van der Waals surface area (Å²) in [7, 11) is 4.00. The van der Waals surface area contributed by atoms with Gasteiger partial charge in [0.05, 0.1) is 5.69 Å². The van der Waals surface area contributed by atoms with Crippen molar-refractivity contribution in [1.29, 1.82) is 0 Å². The maximum atomic E-state index is 13.6. The molecular formula is C22H25ClFN3OS. The Kier molecular flexibility index (Phi) is 8.32. The Bertz CT molecular complexity index is 943. The van der Waals surface area contributed by atoms with Crippen LogP contribution in [0.5, 0.6) is 0 Å². The molecule has 0 bridgehead atoms. The first kappa shape index (κ1) is 23.0. The van der Waals surface area contributed by atoms with Gasteiger partial charge < -0.3 is 4.90 Å². The zero-order chi connectivity index (χ0) is 20.1. The predicted molar refractivity (Wildman–Crippen MR) is 121 cm³/mol. The van der Waals surface area contributed by atoms with E-state index >= 15 is 0 Å². The number of halogens is 2. The number of aryl methyl sites for hydroxylation is 1. The van der Waals surface area contributed by atoms with Crippen LogP contribution in [0.25, 0.3) is 11.3 Å². The van der Waals surface area contributed by atoms with Gasteiger partial charge in [0, 0.05) is 23.1 Å². The molecule has 0 radical (unpaired) electrons. The topological polar surface area (TPSA) is 36.4 Å². The summed E-state index contributed by atoms with van der Waals surface area (Å²) >= 11 is 1.43. The van der Waals surface area contributed by atoms with Crippen LogP contribution in [-0.2, 0) is 0 Å². The molecular weight excluding hydrogens is 409 g/mol. The van der Waals surface area contributed by atoms with Crippen molar-refractivity contribution in [3.8, 4) is 11.3 Å². The molecule has 1 heterocycles. The minimum atomic E-state index is -0.418. The van der Waals surface area contributed by atoms with E-state index in [1.807, 2.05) is 50.7 Å². The Morgan fingerprint density at radius 1 is 1.10 bits per heavy atom. The molecule has 4 nitrogen and oxygen atoms in total. The number of hydrogen-bond acceptors (Lipinski definition) is 4. The van der Waals surface area contributed by atoms with Crippen LogP contribution in [0.2, 0.25) is 0 Å². The first-order chi connectivity index (χ1) is 13.4. The van der Waals surface area contributed by atoms with Crippen molar-refractivity contribution < 1.29 is 9.18 Å². The third kappa shape index (κ3) is 6.10. The fourth-order valence-electron chi connectivity index (χ4n) is 2.85. The SMILES string of the molecule is Cc1ccc(-c2csc(N(CCCN(C)C)C(=O)c3cccc(F)c3)n2)cc1.Cl. The van der Waals surface area contributed by atoms with Gasteiger partial charge in [-0.3, -0.25) is 9.69 Å². The lowest BCUT2D eigenvalue weighted by atomic mass is 10.1. The molecule has 0 aliphatic heterocycles. The van der Waals surface area contributed by atoms with Gasteiger partial charge in [-0.1, -0.05) is 35.9 Å². The molecule has 154 valence electrons. The molecule has 0 unspecified atom stereocenters. The van der Waals surface area contributed by atoms with Crippen molar-refractivity contribution in [3.63, 3.8) is 0 Å². The summed E-state index contributed by atoms with van der Waals surface area (Å²) in [5.41, 5.74) is 3.37. The van der Waals surface area contributed by atoms with Gasteiger partial charge in [-0.05, 0) is 52.2 Å². The Balaban J connectivity index is 0.00000300. The molecule has 7 heteroatoms. The average molecular weight is 434 g/mol. The number of carbonyl (C=O) groups excluding carboxylic acids is 1. The van der Waals surface area contributed by atoms with Crippen LogP contribution in [-0.4, -0.2) is 43.0 Å². The number of nitrogens with zero attached hydrogens (tertiary/aromatic N) is 3. The standard InChI is InChI=1S/C22H24FN3OS.ClH/c1-16-8-10-17(11-9-16)20-15-28-22(24-20)26(13-5-12-25(2)3)21(27)18-6-4-7-19(23)14-18;/h4,6-11,14-15H,5,12-13H2,1-3H3;1H. The molecule has 0 saturated carbocycles. The molecule has 29 heavy (non-hydrogen) atoms. The minimum Gasteiger partial charge on any atom is -0.309 e. The minimum absolute atomic E-state index is 0. The fraction of sp³-hybridized carbons (Fsp3) is 0.273. The van der Waals surface area contributed by atoms with Gasteiger partial charge in [0.2, 0.25) is 0 Å². The van der Waals surface area contributed by atoms with Crippen LogP contribution in [0.3, 0.4) is 0 Å². The smallest absolute Gasteiger partial charge is 0.260 e. The summed E-state index contributed by atoms with van der Waals surface area (Å²) in [5.74, 6) is -0.651. The molecule has 0 atom stereocenters. The van der Waals surface area contributed by atoms with Crippen LogP contribution in [0.4, 0.5) is 9.52 Å². The van der Waals surface area contributed by atoms with E-state index in [1.165, 1.54) is 29.0 Å². The summed E-state index contributed by atoms with van der Waals surface area (Å²) in [5, 5.41) is 2.58. The zero-order valence-corrected chi connectivity index (χ0v) is 18.4. The third-order valence-corrected chi connectivity index (χ3v) is 5.24. The second-order valence-electron chi connectivity index (χ2n) is 7.01. The lowest BCUT2D eigenvalue weighted by molar-refractivity contribution is 0.0985. The van der Waals surface area contributed by atoms with Gasteiger partial charge in [0.15, 0.2) is 5.13 Å². The Morgan fingerprint density at radius 3 is 2.48 bits per heavy atom. The van der Waals surface area contributed by atoms with Gasteiger partial charge in [-0.2, -0.15) is 0 Å². The molecule has 3 aromatic rings. The molecule has 0 aliphatic carbocycles. The molecule has 2 aromatic carbocycles. The van der Waals surface area contributed by atoms with Crippen LogP contribution in [0, 0.1) is 12.7 Å². The van der Waals surface area contributed by atoms with Crippen molar-refractivity contribution in [2.24, 2.45) is 0 Å². The molecule has 0 saturated heterocycles. The van der Waals surface area contributed by atoms with Gasteiger partial charge in [-0.15, -0.1) is 23.7 Å². The van der Waals surface area contributed by atoms with Crippen molar-refractivity contribution in [1.82, 2.24) is 9.88 Å². The number of anilines is 1. The number of aromatic nitrogens is 1. The van der Waals surface area contributed by atoms with Gasteiger partial charge >= 0.3 is 0 Å². The third-order valence-electron chi connectivity index (χ3n) is 4.37. The maximum absolute atomic E-state index is 13.6. The molecule has 3 rings (SSSR count). The summed E-state index contributed by atoms with van der Waals surface area (Å²) in [6.45, 7) is 3.41. The first-order valence-electron chi connectivity index (χ1n) is 9.19. The van der Waals surface area contributed by atoms with Crippen molar-refractivity contribution in [2.75, 3.05) is 32.1 Å². The van der Waals surface area contributed by atoms with Crippen molar-refractivity contribution in [3.05, 3.63) is 70.9 Å². The van der Waals surface area contributed by atoms with E-state index in [-0.39, 0.29) is 18.3 Å². The highest BCUT2D eigenvalue weighted by Crippen LogP contribution is 2.29. The summed E-state index contributed by atoms with van der Waals surface area (Å²) in [4.78, 5) is 21.5. The van der Waals surface area contributed by atoms with E-state index in [0.29, 0.717) is 17.2 Å². The average Bonchev–Trinajstić information content (AvgIpc) is 3.15. The van der Waals surface area contributed by atoms with Gasteiger partial charge in [-0.25, -0.2) is 9.37 Å². The fourth-order valence-corrected chi connectivity index (χ4v) is 3.71. The van der Waals surface area contributed by atoms with Crippen molar-refractivity contribution in [2.45, 2.75) is 13.3 Å². The largest absolute Gasteiger partial charge is 0.309 e. The number of hydrogen-bond donors (Lipinski definition) is 0. The number of rotatable bonds is 7. The predicted octanol–water partition coefficient (Wildman–Crippen LogP) is 5.28. The second-order valence-corrected chi connectivity index (χ2v) is 7.84. The lowest BCUT2D eigenvalue weighted by Gasteiger charge is -2.21. The lowest BCUT2D eigenvalue weighted by Crippen LogP contribution is -2.33. The van der Waals surface area contributed by atoms with Gasteiger partial charge in [0.1, 0.15) is 5.82 Å². The van der Waals surface area contributed by atoms with Crippen LogP contribution < -0.4 is 4.90 Å². The molecule has 0 N–H and O–H groups in total. The summed E-state index contributed by atoms with van der Waals surface area (Å²) in [6.07, 6.45) is 0.799. The summed E-state index contributed by atoms with van der Waals surface area (Å²) in [6, 6.07) is 13.9. The maximum Gasteiger partial charge on any atom is 0.260 e. The molecule has 0 spiro atoms. The Labute approximate surface area is 181 Å². The van der Waals surface area contributed by atoms with E-state index in [2.05, 4.69) is 4.90 Å². The van der Waals surface area contributed by atoms with E-state index in [1.54, 1.807) is 17.0 Å². The highest BCUT2D eigenvalue weighted by Gasteiger charge is 2.21. The molecule has 1 aromatic heterocycles. The number of benzene rings is 2. The highest BCUT2D eigenvalue weighted by atomic mass is 35.5. The second kappa shape index (κ2) is 10.5. The van der Waals surface area contributed by atoms with Crippen molar-refractivity contribution >= 4 is 34.8 Å². The number of thiazole rings is 1. The molecule has 1 amide bonds. The number of amides is 1. The first-order valence-corrected chi connectivity index (χ1v) is 10.1. The summed E-state index contributed by atoms with van der Waals surface area (Å²) < 4.78 is 13.6. The van der Waals surface area contributed by atoms with E-state index in [9.17, 15) is 9.18 Å².